The highest BCUT2D eigenvalue weighted by Gasteiger charge is 2.69. The number of alkyl carbamates (subject to hydrolysis) is 1. The molecule has 0 spiro atoms. The molecule has 0 radical (unpaired) electrons. The Balaban J connectivity index is 1.41. The molecule has 3 fully saturated rings. The summed E-state index contributed by atoms with van der Waals surface area (Å²) in [5.41, 5.74) is 0.124. The molecule has 3 unspecified atom stereocenters. The van der Waals surface area contributed by atoms with Crippen LogP contribution < -0.4 is 10.6 Å². The number of ketones is 3. The van der Waals surface area contributed by atoms with Crippen LogP contribution in [0.4, 0.5) is 4.79 Å². The van der Waals surface area contributed by atoms with Crippen molar-refractivity contribution in [1.82, 2.24) is 15.5 Å². The fraction of sp³-hybridized carbons (Fsp3) is 0.684. The Bertz CT molecular complexity index is 1370. The van der Waals surface area contributed by atoms with Crippen LogP contribution in [0.15, 0.2) is 30.3 Å². The first-order valence-corrected chi connectivity index (χ1v) is 17.7. The molecule has 2 N–H and O–H groups in total. The number of carbonyl (C=O) groups is 6. The van der Waals surface area contributed by atoms with Crippen molar-refractivity contribution < 1.29 is 33.5 Å². The molecule has 3 aliphatic rings. The van der Waals surface area contributed by atoms with E-state index in [4.69, 9.17) is 4.74 Å². The lowest BCUT2D eigenvalue weighted by molar-refractivity contribution is -0.145. The van der Waals surface area contributed by atoms with Gasteiger partial charge in [-0.2, -0.15) is 0 Å². The zero-order chi connectivity index (χ0) is 35.4. The van der Waals surface area contributed by atoms with E-state index in [0.29, 0.717) is 25.9 Å². The molecule has 10 heteroatoms. The van der Waals surface area contributed by atoms with E-state index in [1.54, 1.807) is 4.90 Å². The first-order chi connectivity index (χ1) is 22.6. The molecule has 1 aromatic carbocycles. The summed E-state index contributed by atoms with van der Waals surface area (Å²) < 4.78 is 5.71. The maximum atomic E-state index is 14.2. The van der Waals surface area contributed by atoms with Crippen molar-refractivity contribution >= 4 is 35.3 Å². The van der Waals surface area contributed by atoms with Crippen molar-refractivity contribution in [2.24, 2.45) is 34.5 Å². The van der Waals surface area contributed by atoms with Gasteiger partial charge in [-0.25, -0.2) is 4.79 Å². The molecule has 264 valence electrons. The van der Waals surface area contributed by atoms with E-state index in [9.17, 15) is 28.8 Å². The second-order valence-electron chi connectivity index (χ2n) is 15.9. The third kappa shape index (κ3) is 8.72. The Morgan fingerprint density at radius 3 is 2.31 bits per heavy atom. The predicted molar refractivity (Wildman–Crippen MR) is 181 cm³/mol. The number of hydrogen-bond acceptors (Lipinski definition) is 7. The highest BCUT2D eigenvalue weighted by molar-refractivity contribution is 6.38. The fourth-order valence-electron chi connectivity index (χ4n) is 7.77. The molecule has 4 rings (SSSR count). The minimum absolute atomic E-state index is 0.0674. The van der Waals surface area contributed by atoms with Crippen molar-refractivity contribution in [2.75, 3.05) is 6.54 Å². The maximum absolute atomic E-state index is 14.2. The van der Waals surface area contributed by atoms with Crippen LogP contribution in [0.5, 0.6) is 0 Å². The first kappa shape index (κ1) is 37.3. The van der Waals surface area contributed by atoms with Crippen LogP contribution in [0.2, 0.25) is 0 Å². The number of fused-ring (bicyclic) bond motifs is 1. The number of carbonyl (C=O) groups excluding carboxylic acids is 6. The van der Waals surface area contributed by atoms with Gasteiger partial charge in [-0.3, -0.25) is 24.0 Å². The maximum Gasteiger partial charge on any atom is 0.408 e. The Labute approximate surface area is 285 Å². The number of piperidine rings is 1. The topological polar surface area (TPSA) is 139 Å². The van der Waals surface area contributed by atoms with Crippen molar-refractivity contribution in [3.8, 4) is 0 Å². The smallest absolute Gasteiger partial charge is 0.408 e. The van der Waals surface area contributed by atoms with Gasteiger partial charge in [0.1, 0.15) is 12.1 Å². The van der Waals surface area contributed by atoms with Gasteiger partial charge in [0.05, 0.1) is 6.04 Å². The van der Waals surface area contributed by atoms with Gasteiger partial charge in [0, 0.05) is 38.3 Å². The molecule has 0 aromatic heterocycles. The highest BCUT2D eigenvalue weighted by atomic mass is 16.6. The minimum Gasteiger partial charge on any atom is -0.446 e. The molecule has 48 heavy (non-hydrogen) atoms. The molecule has 1 aliphatic heterocycles. The number of benzene rings is 1. The predicted octanol–water partition coefficient (Wildman–Crippen LogP) is 5.41. The lowest BCUT2D eigenvalue weighted by Gasteiger charge is -2.38. The van der Waals surface area contributed by atoms with Crippen molar-refractivity contribution in [3.63, 3.8) is 0 Å². The summed E-state index contributed by atoms with van der Waals surface area (Å²) in [6.45, 7) is 14.5. The molecule has 2 saturated carbocycles. The second kappa shape index (κ2) is 15.3. The van der Waals surface area contributed by atoms with E-state index in [1.807, 2.05) is 58.0 Å². The second-order valence-corrected chi connectivity index (χ2v) is 15.9. The third-order valence-corrected chi connectivity index (χ3v) is 10.9. The Morgan fingerprint density at radius 1 is 1.02 bits per heavy atom. The summed E-state index contributed by atoms with van der Waals surface area (Å²) >= 11 is 0. The summed E-state index contributed by atoms with van der Waals surface area (Å²) in [7, 11) is 0. The molecule has 7 atom stereocenters. The van der Waals surface area contributed by atoms with Crippen LogP contribution in [0.1, 0.15) is 105 Å². The molecule has 2 aliphatic carbocycles. The minimum atomic E-state index is -0.916. The Hall–Kier alpha value is -3.56. The highest BCUT2D eigenvalue weighted by Crippen LogP contribution is 2.65. The SMILES string of the molecule is CCCC(CC(=O)[C@@H]1[C@@H]2[C@H](CN1C(=O)[C@@H](NC(=O)OC1CCCC1C)C(C)(C)C)C2(C)C)C(=O)C(=O)CCC(=O)NCc1ccccc1. The average molecular weight is 666 g/mol. The van der Waals surface area contributed by atoms with Crippen LogP contribution in [0.3, 0.4) is 0 Å². The Kier molecular flexibility index (Phi) is 11.9. The standard InChI is InChI=1S/C38H55N3O7/c1-8-13-25(33(45)27(42)18-19-30(44)39-21-24-15-10-9-11-16-24)20-28(43)32-31-26(38(31,6)7)22-41(32)35(46)34(37(3,4)5)40-36(47)48-29-17-12-14-23(29)2/h9-11,15-16,23,25-26,29,31-32,34H,8,12-14,17-22H2,1-7H3,(H,39,44)(H,40,47)/t23?,25?,26-,29?,31-,32+,34+/m0/s1. The molecular weight excluding hydrogens is 610 g/mol. The summed E-state index contributed by atoms with van der Waals surface area (Å²) in [4.78, 5) is 81.6. The van der Waals surface area contributed by atoms with Gasteiger partial charge in [0.2, 0.25) is 17.6 Å². The van der Waals surface area contributed by atoms with Gasteiger partial charge in [0.15, 0.2) is 11.6 Å². The fourth-order valence-corrected chi connectivity index (χ4v) is 7.77. The Morgan fingerprint density at radius 2 is 1.71 bits per heavy atom. The number of likely N-dealkylation sites (tertiary alicyclic amines) is 1. The van der Waals surface area contributed by atoms with Gasteiger partial charge in [-0.15, -0.1) is 0 Å². The summed E-state index contributed by atoms with van der Waals surface area (Å²) in [5, 5.41) is 5.60. The number of Topliss-reactive ketones (excluding diaryl/α,β-unsaturated/α-hetero) is 3. The summed E-state index contributed by atoms with van der Waals surface area (Å²) in [6, 6.07) is 7.74. The number of nitrogens with one attached hydrogen (secondary N) is 2. The summed E-state index contributed by atoms with van der Waals surface area (Å²) in [6.07, 6.45) is 2.42. The van der Waals surface area contributed by atoms with Crippen molar-refractivity contribution in [1.29, 1.82) is 0 Å². The molecule has 1 aromatic rings. The monoisotopic (exact) mass is 665 g/mol. The van der Waals surface area contributed by atoms with E-state index in [2.05, 4.69) is 31.4 Å². The van der Waals surface area contributed by atoms with E-state index in [1.165, 1.54) is 0 Å². The van der Waals surface area contributed by atoms with E-state index >= 15 is 0 Å². The van der Waals surface area contributed by atoms with Crippen LogP contribution in [-0.2, 0) is 35.3 Å². The van der Waals surface area contributed by atoms with Crippen LogP contribution >= 0.6 is 0 Å². The normalized spacial score (nSPS) is 25.4. The quantitative estimate of drug-likeness (QED) is 0.239. The van der Waals surface area contributed by atoms with Crippen LogP contribution in [0.25, 0.3) is 0 Å². The molecule has 1 heterocycles. The zero-order valence-corrected chi connectivity index (χ0v) is 29.8. The molecular formula is C38H55N3O7. The molecule has 3 amide bonds. The molecule has 0 bridgehead atoms. The molecule has 10 nitrogen and oxygen atoms in total. The first-order valence-electron chi connectivity index (χ1n) is 17.7. The van der Waals surface area contributed by atoms with E-state index < -0.39 is 41.1 Å². The van der Waals surface area contributed by atoms with Crippen molar-refractivity contribution in [2.45, 2.75) is 125 Å². The number of hydrogen-bond donors (Lipinski definition) is 2. The third-order valence-electron chi connectivity index (χ3n) is 10.9. The largest absolute Gasteiger partial charge is 0.446 e. The average Bonchev–Trinajstić information content (AvgIpc) is 3.36. The number of amides is 3. The van der Waals surface area contributed by atoms with Crippen molar-refractivity contribution in [3.05, 3.63) is 35.9 Å². The van der Waals surface area contributed by atoms with Crippen LogP contribution in [-0.4, -0.2) is 64.9 Å². The van der Waals surface area contributed by atoms with Crippen LogP contribution in [0, 0.1) is 34.5 Å². The lowest BCUT2D eigenvalue weighted by atomic mass is 9.84. The van der Waals surface area contributed by atoms with E-state index in [-0.39, 0.29) is 66.1 Å². The summed E-state index contributed by atoms with van der Waals surface area (Å²) in [5.74, 6) is -2.70. The number of nitrogens with zero attached hydrogens (tertiary/aromatic N) is 1. The zero-order valence-electron chi connectivity index (χ0n) is 29.8. The number of rotatable bonds is 15. The molecule has 1 saturated heterocycles. The van der Waals surface area contributed by atoms with Gasteiger partial charge in [-0.05, 0) is 59.8 Å². The van der Waals surface area contributed by atoms with Gasteiger partial charge in [0.25, 0.3) is 0 Å². The van der Waals surface area contributed by atoms with E-state index in [0.717, 1.165) is 24.8 Å². The van der Waals surface area contributed by atoms with Gasteiger partial charge < -0.3 is 20.3 Å². The van der Waals surface area contributed by atoms with Gasteiger partial charge in [-0.1, -0.05) is 85.2 Å². The lowest BCUT2D eigenvalue weighted by Crippen LogP contribution is -2.58. The number of ether oxygens (including phenoxy) is 1. The van der Waals surface area contributed by atoms with Gasteiger partial charge >= 0.3 is 6.09 Å².